The van der Waals surface area contributed by atoms with Crippen LogP contribution in [0, 0.1) is 0 Å². The molecule has 0 saturated carbocycles. The number of aromatic hydroxyl groups is 1. The van der Waals surface area contributed by atoms with Crippen LogP contribution in [0.3, 0.4) is 0 Å². The molecule has 5 heteroatoms. The van der Waals surface area contributed by atoms with E-state index in [-0.39, 0.29) is 23.8 Å². The topological polar surface area (TPSA) is 82.2 Å². The minimum Gasteiger partial charge on any atom is -0.505 e. The molecule has 0 spiro atoms. The molecule has 0 atom stereocenters. The van der Waals surface area contributed by atoms with Gasteiger partial charge in [0.15, 0.2) is 5.75 Å². The minimum absolute atomic E-state index is 0.101. The zero-order valence-electron chi connectivity index (χ0n) is 9.28. The van der Waals surface area contributed by atoms with Crippen LogP contribution in [0.5, 0.6) is 5.75 Å². The lowest BCUT2D eigenvalue weighted by molar-refractivity contribution is -0.115. The number of pyridine rings is 1. The van der Waals surface area contributed by atoms with Crippen LogP contribution in [0.15, 0.2) is 29.1 Å². The van der Waals surface area contributed by atoms with E-state index in [2.05, 4.69) is 10.3 Å². The predicted molar refractivity (Wildman–Crippen MR) is 65.2 cm³/mol. The zero-order chi connectivity index (χ0) is 12.4. The lowest BCUT2D eigenvalue weighted by Crippen LogP contribution is -2.19. The summed E-state index contributed by atoms with van der Waals surface area (Å²) in [7, 11) is 0. The number of aromatic amines is 1. The molecule has 1 amide bonds. The average Bonchev–Trinajstić information content (AvgIpc) is 2.34. The van der Waals surface area contributed by atoms with Crippen LogP contribution >= 0.6 is 0 Å². The molecule has 3 N–H and O–H groups in total. The fraction of sp³-hybridized carbons (Fsp3) is 0.167. The number of benzene rings is 1. The number of para-hydroxylation sites is 1. The quantitative estimate of drug-likeness (QED) is 0.735. The Labute approximate surface area is 97.1 Å². The highest BCUT2D eigenvalue weighted by molar-refractivity contribution is 5.97. The summed E-state index contributed by atoms with van der Waals surface area (Å²) < 4.78 is 0. The third kappa shape index (κ3) is 1.99. The van der Waals surface area contributed by atoms with Crippen molar-refractivity contribution in [1.82, 2.24) is 4.98 Å². The summed E-state index contributed by atoms with van der Waals surface area (Å²) in [4.78, 5) is 25.5. The van der Waals surface area contributed by atoms with Crippen molar-refractivity contribution >= 4 is 22.5 Å². The van der Waals surface area contributed by atoms with Crippen LogP contribution in [0.2, 0.25) is 0 Å². The fourth-order valence-corrected chi connectivity index (χ4v) is 1.57. The van der Waals surface area contributed by atoms with E-state index in [1.807, 2.05) is 0 Å². The Hall–Kier alpha value is -2.30. The van der Waals surface area contributed by atoms with Gasteiger partial charge >= 0.3 is 0 Å². The molecule has 5 nitrogen and oxygen atoms in total. The number of amides is 1. The molecule has 0 aliphatic carbocycles. The SMILES string of the molecule is CCC(=O)Nc1c(O)c2ccccc2[nH]c1=O. The van der Waals surface area contributed by atoms with Gasteiger partial charge in [0.2, 0.25) is 5.91 Å². The number of H-pyrrole nitrogens is 1. The Morgan fingerprint density at radius 1 is 1.41 bits per heavy atom. The summed E-state index contributed by atoms with van der Waals surface area (Å²) >= 11 is 0. The first-order valence-electron chi connectivity index (χ1n) is 5.27. The average molecular weight is 232 g/mol. The van der Waals surface area contributed by atoms with Crippen LogP contribution < -0.4 is 10.9 Å². The Balaban J connectivity index is 2.64. The Morgan fingerprint density at radius 3 is 2.82 bits per heavy atom. The van der Waals surface area contributed by atoms with E-state index in [1.165, 1.54) is 0 Å². The molecule has 0 saturated heterocycles. The fourth-order valence-electron chi connectivity index (χ4n) is 1.57. The number of hydrogen-bond acceptors (Lipinski definition) is 3. The highest BCUT2D eigenvalue weighted by atomic mass is 16.3. The van der Waals surface area contributed by atoms with Crippen molar-refractivity contribution < 1.29 is 9.90 Å². The maximum absolute atomic E-state index is 11.7. The molecule has 17 heavy (non-hydrogen) atoms. The first-order valence-corrected chi connectivity index (χ1v) is 5.27. The lowest BCUT2D eigenvalue weighted by atomic mass is 10.2. The van der Waals surface area contributed by atoms with E-state index in [1.54, 1.807) is 31.2 Å². The Bertz CT molecular complexity index is 631. The van der Waals surface area contributed by atoms with Crippen LogP contribution in [0.25, 0.3) is 10.9 Å². The van der Waals surface area contributed by atoms with Crippen molar-refractivity contribution in [3.63, 3.8) is 0 Å². The van der Waals surface area contributed by atoms with Gasteiger partial charge in [-0.3, -0.25) is 9.59 Å². The molecule has 0 radical (unpaired) electrons. The van der Waals surface area contributed by atoms with Gasteiger partial charge in [-0.05, 0) is 12.1 Å². The van der Waals surface area contributed by atoms with E-state index >= 15 is 0 Å². The van der Waals surface area contributed by atoms with E-state index in [4.69, 9.17) is 0 Å². The summed E-state index contributed by atoms with van der Waals surface area (Å²) in [6.45, 7) is 1.67. The highest BCUT2D eigenvalue weighted by Gasteiger charge is 2.12. The van der Waals surface area contributed by atoms with Crippen molar-refractivity contribution in [3.8, 4) is 5.75 Å². The summed E-state index contributed by atoms with van der Waals surface area (Å²) in [5.74, 6) is -0.521. The number of aromatic nitrogens is 1. The van der Waals surface area contributed by atoms with Gasteiger partial charge in [-0.1, -0.05) is 19.1 Å². The molecule has 0 unspecified atom stereocenters. The standard InChI is InChI=1S/C12H12N2O3/c1-2-9(15)14-10-11(16)7-5-3-4-6-8(7)13-12(10)17/h3-6H,2H2,1H3,(H,14,15)(H2,13,16,17). The Kier molecular flexibility index (Phi) is 2.82. The van der Waals surface area contributed by atoms with Crippen LogP contribution in [-0.4, -0.2) is 16.0 Å². The van der Waals surface area contributed by atoms with Crippen LogP contribution in [-0.2, 0) is 4.79 Å². The van der Waals surface area contributed by atoms with E-state index in [0.29, 0.717) is 10.9 Å². The second-order valence-electron chi connectivity index (χ2n) is 3.63. The zero-order valence-corrected chi connectivity index (χ0v) is 9.28. The number of rotatable bonds is 2. The lowest BCUT2D eigenvalue weighted by Gasteiger charge is -2.07. The molecular weight excluding hydrogens is 220 g/mol. The number of carbonyl (C=O) groups excluding carboxylic acids is 1. The third-order valence-electron chi connectivity index (χ3n) is 2.48. The third-order valence-corrected chi connectivity index (χ3v) is 2.48. The number of fused-ring (bicyclic) bond motifs is 1. The van der Waals surface area contributed by atoms with Crippen LogP contribution in [0.1, 0.15) is 13.3 Å². The molecular formula is C12H12N2O3. The number of carbonyl (C=O) groups is 1. The van der Waals surface area contributed by atoms with Gasteiger partial charge in [-0.25, -0.2) is 0 Å². The number of anilines is 1. The first-order chi connectivity index (χ1) is 8.13. The summed E-state index contributed by atoms with van der Waals surface area (Å²) in [6, 6.07) is 6.85. The van der Waals surface area contributed by atoms with Crippen molar-refractivity contribution in [2.24, 2.45) is 0 Å². The monoisotopic (exact) mass is 232 g/mol. The molecule has 0 fully saturated rings. The molecule has 2 rings (SSSR count). The maximum Gasteiger partial charge on any atom is 0.276 e. The number of nitrogens with one attached hydrogen (secondary N) is 2. The number of hydrogen-bond donors (Lipinski definition) is 3. The maximum atomic E-state index is 11.7. The molecule has 1 aromatic carbocycles. The van der Waals surface area contributed by atoms with Crippen molar-refractivity contribution in [3.05, 3.63) is 34.6 Å². The normalized spacial score (nSPS) is 10.4. The molecule has 1 aromatic heterocycles. The molecule has 0 aliphatic rings. The summed E-state index contributed by atoms with van der Waals surface area (Å²) in [5, 5.41) is 12.8. The van der Waals surface area contributed by atoms with Gasteiger partial charge in [-0.15, -0.1) is 0 Å². The summed E-state index contributed by atoms with van der Waals surface area (Å²) in [6.07, 6.45) is 0.242. The van der Waals surface area contributed by atoms with E-state index in [9.17, 15) is 14.7 Å². The second-order valence-corrected chi connectivity index (χ2v) is 3.63. The van der Waals surface area contributed by atoms with Gasteiger partial charge < -0.3 is 15.4 Å². The van der Waals surface area contributed by atoms with Gasteiger partial charge in [0.05, 0.1) is 5.52 Å². The van der Waals surface area contributed by atoms with Crippen molar-refractivity contribution in [1.29, 1.82) is 0 Å². The van der Waals surface area contributed by atoms with Crippen LogP contribution in [0.4, 0.5) is 5.69 Å². The Morgan fingerprint density at radius 2 is 2.12 bits per heavy atom. The molecule has 0 bridgehead atoms. The molecule has 88 valence electrons. The first kappa shape index (κ1) is 11.2. The summed E-state index contributed by atoms with van der Waals surface area (Å²) in [5.41, 5.74) is -0.0805. The predicted octanol–water partition coefficient (Wildman–Crippen LogP) is 1.58. The minimum atomic E-state index is -0.511. The van der Waals surface area contributed by atoms with E-state index in [0.717, 1.165) is 0 Å². The molecule has 0 aliphatic heterocycles. The van der Waals surface area contributed by atoms with Crippen molar-refractivity contribution in [2.75, 3.05) is 5.32 Å². The van der Waals surface area contributed by atoms with E-state index < -0.39 is 5.56 Å². The molecule has 1 heterocycles. The largest absolute Gasteiger partial charge is 0.505 e. The smallest absolute Gasteiger partial charge is 0.276 e. The van der Waals surface area contributed by atoms with Gasteiger partial charge in [0.1, 0.15) is 5.69 Å². The van der Waals surface area contributed by atoms with Crippen molar-refractivity contribution in [2.45, 2.75) is 13.3 Å². The highest BCUT2D eigenvalue weighted by Crippen LogP contribution is 2.27. The van der Waals surface area contributed by atoms with Gasteiger partial charge in [0.25, 0.3) is 5.56 Å². The van der Waals surface area contributed by atoms with Gasteiger partial charge in [0, 0.05) is 11.8 Å². The van der Waals surface area contributed by atoms with Gasteiger partial charge in [-0.2, -0.15) is 0 Å². The molecule has 2 aromatic rings. The second kappa shape index (κ2) is 4.29.